The van der Waals surface area contributed by atoms with Gasteiger partial charge in [0.2, 0.25) is 0 Å². The SMILES string of the molecule is CC1C2CC3CC1CC(C2)N3. The Morgan fingerprint density at radius 2 is 1.36 bits per heavy atom. The highest BCUT2D eigenvalue weighted by molar-refractivity contribution is 5.01. The fraction of sp³-hybridized carbons (Fsp3) is 1.00. The van der Waals surface area contributed by atoms with Crippen molar-refractivity contribution in [2.75, 3.05) is 0 Å². The molecular weight excluding hydrogens is 134 g/mol. The highest BCUT2D eigenvalue weighted by atomic mass is 15.0. The molecule has 62 valence electrons. The highest BCUT2D eigenvalue weighted by Crippen LogP contribution is 2.47. The lowest BCUT2D eigenvalue weighted by Crippen LogP contribution is -2.58. The lowest BCUT2D eigenvalue weighted by molar-refractivity contribution is 0.00705. The molecule has 2 saturated heterocycles. The van der Waals surface area contributed by atoms with Crippen molar-refractivity contribution >= 4 is 0 Å². The summed E-state index contributed by atoms with van der Waals surface area (Å²) in [4.78, 5) is 0. The monoisotopic (exact) mass is 151 g/mol. The van der Waals surface area contributed by atoms with E-state index in [4.69, 9.17) is 0 Å². The molecule has 0 radical (unpaired) electrons. The lowest BCUT2D eigenvalue weighted by atomic mass is 9.59. The van der Waals surface area contributed by atoms with Crippen LogP contribution in [0.15, 0.2) is 0 Å². The van der Waals surface area contributed by atoms with Crippen LogP contribution in [0.3, 0.4) is 0 Å². The van der Waals surface area contributed by atoms with Gasteiger partial charge in [-0.25, -0.2) is 0 Å². The van der Waals surface area contributed by atoms with Crippen LogP contribution in [-0.2, 0) is 0 Å². The highest BCUT2D eigenvalue weighted by Gasteiger charge is 2.45. The van der Waals surface area contributed by atoms with Crippen molar-refractivity contribution in [1.82, 2.24) is 5.32 Å². The Labute approximate surface area is 68.6 Å². The van der Waals surface area contributed by atoms with Crippen LogP contribution < -0.4 is 5.32 Å². The lowest BCUT2D eigenvalue weighted by Gasteiger charge is -2.54. The first kappa shape index (κ1) is 6.47. The third kappa shape index (κ3) is 0.807. The summed E-state index contributed by atoms with van der Waals surface area (Å²) in [5.74, 6) is 3.21. The van der Waals surface area contributed by atoms with Crippen molar-refractivity contribution in [3.8, 4) is 0 Å². The molecule has 4 fully saturated rings. The summed E-state index contributed by atoms with van der Waals surface area (Å²) in [6.45, 7) is 2.48. The van der Waals surface area contributed by atoms with Gasteiger partial charge in [-0.1, -0.05) is 6.92 Å². The number of piperidine rings is 2. The summed E-state index contributed by atoms with van der Waals surface area (Å²) in [5, 5.41) is 3.73. The fourth-order valence-corrected chi connectivity index (χ4v) is 3.70. The molecule has 4 rings (SSSR count). The molecular formula is C10H17N. The third-order valence-electron chi connectivity index (χ3n) is 4.31. The van der Waals surface area contributed by atoms with E-state index in [1.807, 2.05) is 0 Å². The standard InChI is InChI=1S/C10H17N/c1-6-7-2-9-4-8(6)5-10(3-7)11-9/h6-11H,2-5H2,1H3. The second-order valence-electron chi connectivity index (χ2n) is 4.88. The first-order valence-corrected chi connectivity index (χ1v) is 5.09. The van der Waals surface area contributed by atoms with E-state index in [1.54, 1.807) is 0 Å². The van der Waals surface area contributed by atoms with Crippen molar-refractivity contribution in [1.29, 1.82) is 0 Å². The smallest absolute Gasteiger partial charge is 0.00751 e. The molecule has 2 heterocycles. The van der Waals surface area contributed by atoms with E-state index in [1.165, 1.54) is 25.7 Å². The maximum Gasteiger partial charge on any atom is 0.00751 e. The van der Waals surface area contributed by atoms with Gasteiger partial charge in [-0.05, 0) is 43.4 Å². The molecule has 0 spiro atoms. The van der Waals surface area contributed by atoms with E-state index >= 15 is 0 Å². The minimum absolute atomic E-state index is 0.911. The molecule has 1 N–H and O–H groups in total. The van der Waals surface area contributed by atoms with E-state index in [2.05, 4.69) is 12.2 Å². The molecule has 2 aliphatic heterocycles. The van der Waals surface area contributed by atoms with Crippen molar-refractivity contribution in [3.05, 3.63) is 0 Å². The van der Waals surface area contributed by atoms with Crippen molar-refractivity contribution in [3.63, 3.8) is 0 Å². The topological polar surface area (TPSA) is 12.0 Å². The van der Waals surface area contributed by atoms with E-state index in [-0.39, 0.29) is 0 Å². The van der Waals surface area contributed by atoms with Crippen LogP contribution in [0.4, 0.5) is 0 Å². The Balaban J connectivity index is 1.91. The van der Waals surface area contributed by atoms with Crippen molar-refractivity contribution in [2.45, 2.75) is 44.7 Å². The van der Waals surface area contributed by atoms with Gasteiger partial charge in [-0.2, -0.15) is 0 Å². The maximum atomic E-state index is 3.73. The molecule has 4 bridgehead atoms. The number of hydrogen-bond acceptors (Lipinski definition) is 1. The number of nitrogens with one attached hydrogen (secondary N) is 1. The van der Waals surface area contributed by atoms with E-state index in [9.17, 15) is 0 Å². The van der Waals surface area contributed by atoms with Crippen LogP contribution in [0.2, 0.25) is 0 Å². The maximum absolute atomic E-state index is 3.73. The molecule has 0 aromatic carbocycles. The zero-order chi connectivity index (χ0) is 7.42. The Kier molecular flexibility index (Phi) is 1.18. The molecule has 0 unspecified atom stereocenters. The largest absolute Gasteiger partial charge is 0.311 e. The zero-order valence-electron chi connectivity index (χ0n) is 7.22. The number of rotatable bonds is 0. The van der Waals surface area contributed by atoms with Gasteiger partial charge in [0.1, 0.15) is 0 Å². The fourth-order valence-electron chi connectivity index (χ4n) is 3.70. The van der Waals surface area contributed by atoms with Gasteiger partial charge in [0, 0.05) is 12.1 Å². The van der Waals surface area contributed by atoms with Crippen LogP contribution in [0.1, 0.15) is 32.6 Å². The van der Waals surface area contributed by atoms with Gasteiger partial charge in [0.15, 0.2) is 0 Å². The predicted molar refractivity (Wildman–Crippen MR) is 45.3 cm³/mol. The predicted octanol–water partition coefficient (Wildman–Crippen LogP) is 1.78. The summed E-state index contributed by atoms with van der Waals surface area (Å²) >= 11 is 0. The van der Waals surface area contributed by atoms with Crippen LogP contribution in [0.25, 0.3) is 0 Å². The first-order chi connectivity index (χ1) is 5.33. The Morgan fingerprint density at radius 1 is 0.909 bits per heavy atom. The molecule has 0 aromatic heterocycles. The molecule has 0 amide bonds. The van der Waals surface area contributed by atoms with E-state index in [0.29, 0.717) is 0 Å². The van der Waals surface area contributed by atoms with Gasteiger partial charge in [0.25, 0.3) is 0 Å². The summed E-state index contributed by atoms with van der Waals surface area (Å²) in [7, 11) is 0. The summed E-state index contributed by atoms with van der Waals surface area (Å²) in [6.07, 6.45) is 5.92. The second kappa shape index (κ2) is 2.01. The Morgan fingerprint density at radius 3 is 1.82 bits per heavy atom. The molecule has 1 heteroatoms. The molecule has 1 nitrogen and oxygen atoms in total. The summed E-state index contributed by atoms with van der Waals surface area (Å²) in [6, 6.07) is 1.82. The summed E-state index contributed by atoms with van der Waals surface area (Å²) in [5.41, 5.74) is 0. The van der Waals surface area contributed by atoms with Crippen molar-refractivity contribution < 1.29 is 0 Å². The quantitative estimate of drug-likeness (QED) is 0.556. The van der Waals surface area contributed by atoms with Crippen LogP contribution in [0, 0.1) is 17.8 Å². The molecule has 0 atom stereocenters. The number of hydrogen-bond donors (Lipinski definition) is 1. The molecule has 2 aliphatic carbocycles. The van der Waals surface area contributed by atoms with Gasteiger partial charge in [-0.3, -0.25) is 0 Å². The first-order valence-electron chi connectivity index (χ1n) is 5.09. The molecule has 4 aliphatic rings. The second-order valence-corrected chi connectivity index (χ2v) is 4.88. The normalized spacial score (nSPS) is 60.3. The summed E-state index contributed by atoms with van der Waals surface area (Å²) < 4.78 is 0. The Hall–Kier alpha value is -0.0400. The van der Waals surface area contributed by atoms with Crippen LogP contribution >= 0.6 is 0 Å². The Bertz CT molecular complexity index is 148. The zero-order valence-corrected chi connectivity index (χ0v) is 7.22. The van der Waals surface area contributed by atoms with Gasteiger partial charge >= 0.3 is 0 Å². The average Bonchev–Trinajstić information content (AvgIpc) is 1.98. The molecule has 0 aromatic rings. The minimum Gasteiger partial charge on any atom is -0.311 e. The van der Waals surface area contributed by atoms with Crippen LogP contribution in [-0.4, -0.2) is 12.1 Å². The van der Waals surface area contributed by atoms with Crippen molar-refractivity contribution in [2.24, 2.45) is 17.8 Å². The molecule has 11 heavy (non-hydrogen) atoms. The third-order valence-corrected chi connectivity index (χ3v) is 4.31. The van der Waals surface area contributed by atoms with Gasteiger partial charge in [0.05, 0.1) is 0 Å². The average molecular weight is 151 g/mol. The van der Waals surface area contributed by atoms with Gasteiger partial charge < -0.3 is 5.32 Å². The van der Waals surface area contributed by atoms with Crippen LogP contribution in [0.5, 0.6) is 0 Å². The van der Waals surface area contributed by atoms with Gasteiger partial charge in [-0.15, -0.1) is 0 Å². The molecule has 2 saturated carbocycles. The van der Waals surface area contributed by atoms with E-state index < -0.39 is 0 Å². The minimum atomic E-state index is 0.911. The van der Waals surface area contributed by atoms with E-state index in [0.717, 1.165) is 29.8 Å².